The first kappa shape index (κ1) is 20.8. The average molecular weight is 426 g/mol. The third-order valence-corrected chi connectivity index (χ3v) is 5.70. The number of nitrogens with one attached hydrogen (secondary N) is 1. The van der Waals surface area contributed by atoms with E-state index in [0.29, 0.717) is 25.1 Å². The molecule has 2 aromatic rings. The summed E-state index contributed by atoms with van der Waals surface area (Å²) in [4.78, 5) is 38.8. The Labute approximate surface area is 168 Å². The molecule has 0 bridgehead atoms. The molecule has 0 saturated heterocycles. The van der Waals surface area contributed by atoms with Crippen molar-refractivity contribution in [2.75, 3.05) is 19.0 Å². The molecular weight excluding hydrogens is 409 g/mol. The van der Waals surface area contributed by atoms with Crippen molar-refractivity contribution in [1.82, 2.24) is 4.90 Å². The lowest BCUT2D eigenvalue weighted by atomic mass is 10.0. The van der Waals surface area contributed by atoms with Gasteiger partial charge < -0.3 is 15.0 Å². The van der Waals surface area contributed by atoms with Gasteiger partial charge in [0, 0.05) is 23.9 Å². The maximum atomic E-state index is 12.9. The molecule has 1 aliphatic heterocycles. The smallest absolute Gasteiger partial charge is 0.416 e. The van der Waals surface area contributed by atoms with Crippen molar-refractivity contribution in [3.8, 4) is 0 Å². The fraction of sp³-hybridized carbons (Fsp3) is 0.316. The van der Waals surface area contributed by atoms with Gasteiger partial charge in [0.05, 0.1) is 24.8 Å². The second-order valence-corrected chi connectivity index (χ2v) is 7.53. The van der Waals surface area contributed by atoms with Gasteiger partial charge in [0.15, 0.2) is 0 Å². The van der Waals surface area contributed by atoms with E-state index in [0.717, 1.165) is 34.4 Å². The summed E-state index contributed by atoms with van der Waals surface area (Å²) in [6, 6.07) is 4.02. The van der Waals surface area contributed by atoms with Crippen LogP contribution in [0.2, 0.25) is 0 Å². The van der Waals surface area contributed by atoms with E-state index >= 15 is 0 Å². The van der Waals surface area contributed by atoms with Crippen LogP contribution >= 0.6 is 11.3 Å². The molecule has 2 amide bonds. The van der Waals surface area contributed by atoms with Crippen LogP contribution < -0.4 is 5.32 Å². The highest BCUT2D eigenvalue weighted by Crippen LogP contribution is 2.38. The van der Waals surface area contributed by atoms with E-state index in [9.17, 15) is 27.6 Å². The lowest BCUT2D eigenvalue weighted by Crippen LogP contribution is -2.33. The van der Waals surface area contributed by atoms with E-state index in [1.54, 1.807) is 4.90 Å². The average Bonchev–Trinajstić information content (AvgIpc) is 3.03. The highest BCUT2D eigenvalue weighted by atomic mass is 32.1. The Morgan fingerprint density at radius 2 is 1.97 bits per heavy atom. The first-order chi connectivity index (χ1) is 13.6. The molecule has 0 radical (unpaired) electrons. The van der Waals surface area contributed by atoms with Gasteiger partial charge in [-0.25, -0.2) is 4.79 Å². The highest BCUT2D eigenvalue weighted by molar-refractivity contribution is 7.17. The third-order valence-electron chi connectivity index (χ3n) is 4.57. The van der Waals surface area contributed by atoms with E-state index in [2.05, 4.69) is 5.32 Å². The van der Waals surface area contributed by atoms with Crippen molar-refractivity contribution in [3.05, 3.63) is 51.4 Å². The van der Waals surface area contributed by atoms with Gasteiger partial charge in [-0.05, 0) is 30.2 Å². The molecule has 29 heavy (non-hydrogen) atoms. The van der Waals surface area contributed by atoms with Crippen LogP contribution in [-0.2, 0) is 28.7 Å². The number of carbonyl (C=O) groups excluding carboxylic acids is 3. The van der Waals surface area contributed by atoms with Gasteiger partial charge in [-0.1, -0.05) is 6.07 Å². The number of esters is 1. The van der Waals surface area contributed by atoms with Crippen LogP contribution in [0.1, 0.15) is 43.6 Å². The fourth-order valence-electron chi connectivity index (χ4n) is 3.09. The molecule has 3 rings (SSSR count). The summed E-state index contributed by atoms with van der Waals surface area (Å²) < 4.78 is 43.5. The van der Waals surface area contributed by atoms with Crippen molar-refractivity contribution in [2.45, 2.75) is 26.1 Å². The number of carbonyl (C=O) groups is 3. The van der Waals surface area contributed by atoms with Crippen LogP contribution in [0.15, 0.2) is 24.3 Å². The second-order valence-electron chi connectivity index (χ2n) is 6.42. The Hall–Kier alpha value is -2.88. The van der Waals surface area contributed by atoms with Gasteiger partial charge in [-0.15, -0.1) is 11.3 Å². The SMILES string of the molecule is COC(=O)c1c(NC(=O)c2cccc(C(F)(F)F)c2)sc2c1CCN(C(C)=O)C2. The number of anilines is 1. The number of hydrogen-bond acceptors (Lipinski definition) is 5. The molecule has 1 aromatic heterocycles. The van der Waals surface area contributed by atoms with Gasteiger partial charge in [0.1, 0.15) is 5.00 Å². The van der Waals surface area contributed by atoms with Crippen molar-refractivity contribution >= 4 is 34.1 Å². The van der Waals surface area contributed by atoms with E-state index in [-0.39, 0.29) is 22.0 Å². The molecule has 0 fully saturated rings. The zero-order valence-electron chi connectivity index (χ0n) is 15.6. The van der Waals surface area contributed by atoms with Gasteiger partial charge in [0.25, 0.3) is 5.91 Å². The summed E-state index contributed by atoms with van der Waals surface area (Å²) in [6.45, 7) is 2.15. The molecule has 2 heterocycles. The van der Waals surface area contributed by atoms with Crippen LogP contribution in [0.3, 0.4) is 0 Å². The summed E-state index contributed by atoms with van der Waals surface area (Å²) in [5.41, 5.74) is -0.275. The molecule has 0 aliphatic carbocycles. The maximum absolute atomic E-state index is 12.9. The zero-order chi connectivity index (χ0) is 21.3. The van der Waals surface area contributed by atoms with Crippen molar-refractivity contribution < 1.29 is 32.3 Å². The van der Waals surface area contributed by atoms with Gasteiger partial charge in [-0.2, -0.15) is 13.2 Å². The normalized spacial score (nSPS) is 13.6. The summed E-state index contributed by atoms with van der Waals surface area (Å²) in [7, 11) is 1.20. The Morgan fingerprint density at radius 3 is 2.59 bits per heavy atom. The lowest BCUT2D eigenvalue weighted by Gasteiger charge is -2.25. The number of alkyl halides is 3. The standard InChI is InChI=1S/C19H17F3N2O4S/c1-10(25)24-7-6-13-14(9-24)29-17(15(13)18(27)28-2)23-16(26)11-4-3-5-12(8-11)19(20,21)22/h3-5,8H,6-7,9H2,1-2H3,(H,23,26). The van der Waals surface area contributed by atoms with Crippen molar-refractivity contribution in [2.24, 2.45) is 0 Å². The van der Waals surface area contributed by atoms with Crippen LogP contribution in [0.25, 0.3) is 0 Å². The third kappa shape index (κ3) is 4.26. The first-order valence-corrected chi connectivity index (χ1v) is 9.40. The van der Waals surface area contributed by atoms with Crippen LogP contribution in [0.4, 0.5) is 18.2 Å². The molecule has 0 atom stereocenters. The highest BCUT2D eigenvalue weighted by Gasteiger charge is 2.32. The molecule has 1 aliphatic rings. The summed E-state index contributed by atoms with van der Waals surface area (Å²) in [5.74, 6) is -1.54. The molecular formula is C19H17F3N2O4S. The molecule has 0 spiro atoms. The van der Waals surface area contributed by atoms with E-state index in [1.165, 1.54) is 20.1 Å². The predicted molar refractivity (Wildman–Crippen MR) is 99.9 cm³/mol. The zero-order valence-corrected chi connectivity index (χ0v) is 16.4. The van der Waals surface area contributed by atoms with Crippen LogP contribution in [-0.4, -0.2) is 36.3 Å². The maximum Gasteiger partial charge on any atom is 0.416 e. The number of hydrogen-bond donors (Lipinski definition) is 1. The largest absolute Gasteiger partial charge is 0.465 e. The minimum Gasteiger partial charge on any atom is -0.465 e. The number of halogens is 3. The second kappa shape index (κ2) is 7.86. The number of methoxy groups -OCH3 is 1. The molecule has 0 unspecified atom stereocenters. The molecule has 1 N–H and O–H groups in total. The minimum absolute atomic E-state index is 0.113. The Bertz CT molecular complexity index is 984. The number of thiophene rings is 1. The topological polar surface area (TPSA) is 75.7 Å². The van der Waals surface area contributed by atoms with Gasteiger partial charge in [-0.3, -0.25) is 9.59 Å². The molecule has 10 heteroatoms. The molecule has 6 nitrogen and oxygen atoms in total. The van der Waals surface area contributed by atoms with Crippen molar-refractivity contribution in [3.63, 3.8) is 0 Å². The summed E-state index contributed by atoms with van der Waals surface area (Å²) in [5, 5.41) is 2.72. The van der Waals surface area contributed by atoms with Crippen LogP contribution in [0, 0.1) is 0 Å². The Kier molecular flexibility index (Phi) is 5.65. The van der Waals surface area contributed by atoms with Crippen molar-refractivity contribution in [1.29, 1.82) is 0 Å². The van der Waals surface area contributed by atoms with Gasteiger partial charge in [0.2, 0.25) is 5.91 Å². The Morgan fingerprint density at radius 1 is 1.24 bits per heavy atom. The quantitative estimate of drug-likeness (QED) is 0.760. The van der Waals surface area contributed by atoms with Crippen LogP contribution in [0.5, 0.6) is 0 Å². The Balaban J connectivity index is 1.94. The molecule has 1 aromatic carbocycles. The summed E-state index contributed by atoms with van der Waals surface area (Å²) >= 11 is 1.11. The van der Waals surface area contributed by atoms with E-state index < -0.39 is 23.6 Å². The molecule has 154 valence electrons. The van der Waals surface area contributed by atoms with E-state index in [4.69, 9.17) is 4.74 Å². The minimum atomic E-state index is -4.58. The number of ether oxygens (including phenoxy) is 1. The first-order valence-electron chi connectivity index (χ1n) is 8.58. The van der Waals surface area contributed by atoms with E-state index in [1.807, 2.05) is 0 Å². The predicted octanol–water partition coefficient (Wildman–Crippen LogP) is 3.71. The number of nitrogens with zero attached hydrogens (tertiary/aromatic N) is 1. The number of rotatable bonds is 3. The lowest BCUT2D eigenvalue weighted by molar-refractivity contribution is -0.137. The van der Waals surface area contributed by atoms with Gasteiger partial charge >= 0.3 is 12.1 Å². The fourth-order valence-corrected chi connectivity index (χ4v) is 4.34. The monoisotopic (exact) mass is 426 g/mol. The number of benzene rings is 1. The molecule has 0 saturated carbocycles. The summed E-state index contributed by atoms with van der Waals surface area (Å²) in [6.07, 6.45) is -4.17. The number of fused-ring (bicyclic) bond motifs is 1. The number of amides is 2.